The van der Waals surface area contributed by atoms with Gasteiger partial charge in [-0.15, -0.1) is 0 Å². The first-order valence-corrected chi connectivity index (χ1v) is 6.32. The number of anilines is 1. The van der Waals surface area contributed by atoms with E-state index in [1.165, 1.54) is 18.3 Å². The molecule has 112 valence electrons. The molecule has 0 aliphatic rings. The van der Waals surface area contributed by atoms with Crippen LogP contribution in [-0.4, -0.2) is 41.1 Å². The predicted octanol–water partition coefficient (Wildman–Crippen LogP) is 2.93. The summed E-state index contributed by atoms with van der Waals surface area (Å²) in [7, 11) is 0. The number of carbonyl (C=O) groups excluding carboxylic acids is 1. The van der Waals surface area contributed by atoms with Gasteiger partial charge in [-0.1, -0.05) is 0 Å². The lowest BCUT2D eigenvalue weighted by atomic mass is 10.2. The van der Waals surface area contributed by atoms with Gasteiger partial charge in [-0.3, -0.25) is 4.79 Å². The second-order valence-corrected chi connectivity index (χ2v) is 4.60. The Morgan fingerprint density at radius 2 is 2.10 bits per heavy atom. The van der Waals surface area contributed by atoms with Crippen LogP contribution in [0.4, 0.5) is 19.0 Å². The second kappa shape index (κ2) is 6.58. The van der Waals surface area contributed by atoms with Crippen molar-refractivity contribution in [3.63, 3.8) is 0 Å². The van der Waals surface area contributed by atoms with Crippen molar-refractivity contribution in [1.29, 1.82) is 0 Å². The molecule has 4 nitrogen and oxygen atoms in total. The average molecular weight is 289 g/mol. The number of aromatic nitrogens is 1. The van der Waals surface area contributed by atoms with Crippen LogP contribution in [0.15, 0.2) is 18.3 Å². The van der Waals surface area contributed by atoms with Crippen LogP contribution in [0, 0.1) is 0 Å². The first-order valence-electron chi connectivity index (χ1n) is 6.32. The Morgan fingerprint density at radius 3 is 2.60 bits per heavy atom. The summed E-state index contributed by atoms with van der Waals surface area (Å²) in [6.07, 6.45) is -3.02. The molecule has 1 rings (SSSR count). The van der Waals surface area contributed by atoms with E-state index in [4.69, 9.17) is 0 Å². The van der Waals surface area contributed by atoms with Crippen LogP contribution in [0.25, 0.3) is 0 Å². The first kappa shape index (κ1) is 16.3. The summed E-state index contributed by atoms with van der Waals surface area (Å²) in [5, 5.41) is 2.92. The van der Waals surface area contributed by atoms with Crippen molar-refractivity contribution in [2.75, 3.05) is 18.4 Å². The third-order valence-corrected chi connectivity index (χ3v) is 2.60. The van der Waals surface area contributed by atoms with E-state index in [2.05, 4.69) is 10.3 Å². The maximum Gasteiger partial charge on any atom is 0.406 e. The van der Waals surface area contributed by atoms with Crippen LogP contribution in [-0.2, 0) is 0 Å². The molecule has 0 aliphatic carbocycles. The van der Waals surface area contributed by atoms with Crippen LogP contribution in [0.1, 0.15) is 31.1 Å². The first-order chi connectivity index (χ1) is 9.24. The van der Waals surface area contributed by atoms with Gasteiger partial charge in [0.25, 0.3) is 5.91 Å². The monoisotopic (exact) mass is 289 g/mol. The zero-order valence-corrected chi connectivity index (χ0v) is 11.7. The molecule has 0 aliphatic heterocycles. The fourth-order valence-electron chi connectivity index (χ4n) is 1.69. The summed E-state index contributed by atoms with van der Waals surface area (Å²) in [6, 6.07) is 2.33. The topological polar surface area (TPSA) is 45.2 Å². The van der Waals surface area contributed by atoms with Crippen LogP contribution in [0.5, 0.6) is 0 Å². The molecule has 0 saturated heterocycles. The molecule has 1 N–H and O–H groups in total. The van der Waals surface area contributed by atoms with Gasteiger partial charge < -0.3 is 10.2 Å². The lowest BCUT2D eigenvalue weighted by Crippen LogP contribution is -2.43. The third-order valence-electron chi connectivity index (χ3n) is 2.60. The summed E-state index contributed by atoms with van der Waals surface area (Å²) in [5.74, 6) is -0.187. The SMILES string of the molecule is CCNc1cc(C(=O)N(CC(F)(F)F)C(C)C)ccn1. The van der Waals surface area contributed by atoms with E-state index < -0.39 is 24.7 Å². The Bertz CT molecular complexity index is 460. The van der Waals surface area contributed by atoms with Gasteiger partial charge >= 0.3 is 6.18 Å². The number of carbonyl (C=O) groups is 1. The summed E-state index contributed by atoms with van der Waals surface area (Å²) >= 11 is 0. The minimum atomic E-state index is -4.42. The quantitative estimate of drug-likeness (QED) is 0.906. The molecule has 0 unspecified atom stereocenters. The maximum absolute atomic E-state index is 12.5. The molecule has 0 atom stereocenters. The molecule has 0 aromatic carbocycles. The van der Waals surface area contributed by atoms with E-state index in [-0.39, 0.29) is 5.56 Å². The van der Waals surface area contributed by atoms with Gasteiger partial charge in [0, 0.05) is 24.3 Å². The molecule has 0 saturated carbocycles. The minimum Gasteiger partial charge on any atom is -0.370 e. The van der Waals surface area contributed by atoms with Gasteiger partial charge in [0.15, 0.2) is 0 Å². The van der Waals surface area contributed by atoms with E-state index in [0.717, 1.165) is 4.90 Å². The standard InChI is InChI=1S/C13H18F3N3O/c1-4-17-11-7-10(5-6-18-11)12(20)19(9(2)3)8-13(14,15)16/h5-7,9H,4,8H2,1-3H3,(H,17,18). The molecule has 1 amide bonds. The van der Waals surface area contributed by atoms with E-state index in [1.54, 1.807) is 13.8 Å². The number of pyridine rings is 1. The van der Waals surface area contributed by atoms with Gasteiger partial charge in [0.2, 0.25) is 0 Å². The molecule has 1 heterocycles. The van der Waals surface area contributed by atoms with Crippen LogP contribution < -0.4 is 5.32 Å². The summed E-state index contributed by atoms with van der Waals surface area (Å²) in [4.78, 5) is 17.0. The Hall–Kier alpha value is -1.79. The Kier molecular flexibility index (Phi) is 5.35. The van der Waals surface area contributed by atoms with Crippen molar-refractivity contribution in [2.24, 2.45) is 0 Å². The number of nitrogens with one attached hydrogen (secondary N) is 1. The molecule has 0 spiro atoms. The van der Waals surface area contributed by atoms with Crippen molar-refractivity contribution >= 4 is 11.7 Å². The van der Waals surface area contributed by atoms with E-state index in [0.29, 0.717) is 12.4 Å². The van der Waals surface area contributed by atoms with Crippen LogP contribution in [0.2, 0.25) is 0 Å². The summed E-state index contributed by atoms with van der Waals surface area (Å²) < 4.78 is 37.6. The number of nitrogens with zero attached hydrogens (tertiary/aromatic N) is 2. The average Bonchev–Trinajstić information content (AvgIpc) is 2.34. The zero-order chi connectivity index (χ0) is 15.3. The Balaban J connectivity index is 2.97. The molecular formula is C13H18F3N3O. The lowest BCUT2D eigenvalue weighted by molar-refractivity contribution is -0.143. The molecular weight excluding hydrogens is 271 g/mol. The van der Waals surface area contributed by atoms with Crippen molar-refractivity contribution < 1.29 is 18.0 Å². The van der Waals surface area contributed by atoms with Gasteiger partial charge in [-0.25, -0.2) is 4.98 Å². The Labute approximate surface area is 116 Å². The zero-order valence-electron chi connectivity index (χ0n) is 11.7. The molecule has 1 aromatic rings. The highest BCUT2D eigenvalue weighted by Crippen LogP contribution is 2.20. The van der Waals surface area contributed by atoms with Crippen molar-refractivity contribution in [1.82, 2.24) is 9.88 Å². The number of alkyl halides is 3. The molecule has 7 heteroatoms. The predicted molar refractivity (Wildman–Crippen MR) is 70.6 cm³/mol. The normalized spacial score (nSPS) is 11.6. The number of hydrogen-bond donors (Lipinski definition) is 1. The van der Waals surface area contributed by atoms with Crippen molar-refractivity contribution in [2.45, 2.75) is 33.0 Å². The van der Waals surface area contributed by atoms with Crippen molar-refractivity contribution in [3.05, 3.63) is 23.9 Å². The Morgan fingerprint density at radius 1 is 1.45 bits per heavy atom. The molecule has 0 bridgehead atoms. The fraction of sp³-hybridized carbons (Fsp3) is 0.538. The smallest absolute Gasteiger partial charge is 0.370 e. The summed E-state index contributed by atoms with van der Waals surface area (Å²) in [5.41, 5.74) is 0.189. The van der Waals surface area contributed by atoms with Gasteiger partial charge in [0.05, 0.1) is 0 Å². The second-order valence-electron chi connectivity index (χ2n) is 4.60. The van der Waals surface area contributed by atoms with E-state index in [1.807, 2.05) is 6.92 Å². The van der Waals surface area contributed by atoms with Crippen LogP contribution >= 0.6 is 0 Å². The number of amides is 1. The van der Waals surface area contributed by atoms with Crippen molar-refractivity contribution in [3.8, 4) is 0 Å². The highest BCUT2D eigenvalue weighted by molar-refractivity contribution is 5.95. The highest BCUT2D eigenvalue weighted by atomic mass is 19.4. The van der Waals surface area contributed by atoms with Gasteiger partial charge in [-0.2, -0.15) is 13.2 Å². The highest BCUT2D eigenvalue weighted by Gasteiger charge is 2.34. The maximum atomic E-state index is 12.5. The number of hydrogen-bond acceptors (Lipinski definition) is 3. The largest absolute Gasteiger partial charge is 0.406 e. The fourth-order valence-corrected chi connectivity index (χ4v) is 1.69. The minimum absolute atomic E-state index is 0.189. The summed E-state index contributed by atoms with van der Waals surface area (Å²) in [6.45, 7) is 4.32. The van der Waals surface area contributed by atoms with Gasteiger partial charge in [0.1, 0.15) is 12.4 Å². The molecule has 0 radical (unpaired) electrons. The van der Waals surface area contributed by atoms with E-state index >= 15 is 0 Å². The molecule has 0 fully saturated rings. The van der Waals surface area contributed by atoms with E-state index in [9.17, 15) is 18.0 Å². The van der Waals surface area contributed by atoms with Gasteiger partial charge in [-0.05, 0) is 32.9 Å². The molecule has 20 heavy (non-hydrogen) atoms. The third kappa shape index (κ3) is 4.71. The number of halogens is 3. The van der Waals surface area contributed by atoms with Crippen LogP contribution in [0.3, 0.4) is 0 Å². The molecule has 1 aromatic heterocycles. The lowest BCUT2D eigenvalue weighted by Gasteiger charge is -2.27. The number of rotatable bonds is 5.